The molecular formula is C61H48N2. The fourth-order valence-corrected chi connectivity index (χ4v) is 9.55. The highest BCUT2D eigenvalue weighted by atomic mass is 15.0. The van der Waals surface area contributed by atoms with Gasteiger partial charge in [-0.3, -0.25) is 0 Å². The fourth-order valence-electron chi connectivity index (χ4n) is 9.55. The molecule has 0 radical (unpaired) electrons. The smallest absolute Gasteiger partial charge is 0.0541 e. The maximum absolute atomic E-state index is 3.36. The number of rotatable bonds is 6. The van der Waals surface area contributed by atoms with Gasteiger partial charge < -0.3 is 9.13 Å². The Hall–Kier alpha value is -7.94. The van der Waals surface area contributed by atoms with Crippen molar-refractivity contribution in [2.45, 2.75) is 20.3 Å². The van der Waals surface area contributed by atoms with E-state index in [9.17, 15) is 0 Å². The first-order valence-corrected chi connectivity index (χ1v) is 22.0. The van der Waals surface area contributed by atoms with E-state index in [0.29, 0.717) is 0 Å². The van der Waals surface area contributed by atoms with Crippen molar-refractivity contribution in [2.75, 3.05) is 0 Å². The standard InChI is InChI=1S/C55H36N2.C4H6.C2H6/c1-2-16-42(17-3-1)56-54-26-9-6-21-48(54)51-34-39(29-30-55(51)56)37-14-10-13-36(31-37)38-27-28-41-35-50-44(22-12-23-45(50)49(41)33-38)40-15-11-18-43(32-40)57-52-24-7-4-19-46(52)47-20-5-8-25-53(47)57;1-3-4-2;1-2/h1-34H,35H2;3-4H,1-2H2;1-2H3. The molecule has 302 valence electrons. The Morgan fingerprint density at radius 3 is 1.49 bits per heavy atom. The molecule has 1 aliphatic rings. The number of allylic oxidation sites excluding steroid dienone is 2. The summed E-state index contributed by atoms with van der Waals surface area (Å²) in [6.07, 6.45) is 4.21. The molecule has 2 heteroatoms. The molecule has 2 nitrogen and oxygen atoms in total. The number of benzene rings is 9. The van der Waals surface area contributed by atoms with E-state index in [1.165, 1.54) is 111 Å². The summed E-state index contributed by atoms with van der Waals surface area (Å²) in [5, 5.41) is 5.10. The van der Waals surface area contributed by atoms with Gasteiger partial charge in [0.25, 0.3) is 0 Å². The molecule has 2 aromatic heterocycles. The summed E-state index contributed by atoms with van der Waals surface area (Å²) < 4.78 is 4.79. The SMILES string of the molecule is C=CC=C.CC.c1ccc(-n2c3ccccc3c3cc(-c4cccc(-c5ccc6c(c5)-c5cccc(-c7cccc(-n8c9ccccc9c9ccccc98)c7)c5C6)c4)ccc32)cc1. The van der Waals surface area contributed by atoms with Crippen LogP contribution in [0.2, 0.25) is 0 Å². The largest absolute Gasteiger partial charge is 0.309 e. The second-order valence-corrected chi connectivity index (χ2v) is 15.8. The molecule has 12 rings (SSSR count). The van der Waals surface area contributed by atoms with Crippen LogP contribution >= 0.6 is 0 Å². The zero-order valence-electron chi connectivity index (χ0n) is 35.8. The molecule has 0 saturated heterocycles. The average Bonchev–Trinajstić information content (AvgIpc) is 4.02. The monoisotopic (exact) mass is 808 g/mol. The third-order valence-corrected chi connectivity index (χ3v) is 12.3. The van der Waals surface area contributed by atoms with Gasteiger partial charge in [0.15, 0.2) is 0 Å². The van der Waals surface area contributed by atoms with Gasteiger partial charge in [-0.1, -0.05) is 179 Å². The summed E-state index contributed by atoms with van der Waals surface area (Å²) in [7, 11) is 0. The first-order valence-electron chi connectivity index (χ1n) is 22.0. The molecule has 63 heavy (non-hydrogen) atoms. The molecule has 2 heterocycles. The maximum atomic E-state index is 3.36. The molecule has 9 aromatic carbocycles. The molecule has 0 N–H and O–H groups in total. The fraction of sp³-hybridized carbons (Fsp3) is 0.0492. The molecule has 0 aliphatic heterocycles. The van der Waals surface area contributed by atoms with Gasteiger partial charge in [-0.05, 0) is 129 Å². The van der Waals surface area contributed by atoms with Gasteiger partial charge >= 0.3 is 0 Å². The van der Waals surface area contributed by atoms with Crippen molar-refractivity contribution in [3.05, 3.63) is 243 Å². The summed E-state index contributed by atoms with van der Waals surface area (Å²) >= 11 is 0. The lowest BCUT2D eigenvalue weighted by Gasteiger charge is -2.13. The van der Waals surface area contributed by atoms with Crippen LogP contribution in [-0.4, -0.2) is 9.13 Å². The minimum Gasteiger partial charge on any atom is -0.309 e. The summed E-state index contributed by atoms with van der Waals surface area (Å²) in [6.45, 7) is 10.7. The highest BCUT2D eigenvalue weighted by Gasteiger charge is 2.23. The molecule has 0 bridgehead atoms. The Labute approximate surface area is 370 Å². The van der Waals surface area contributed by atoms with Crippen LogP contribution in [0.3, 0.4) is 0 Å². The molecule has 0 spiro atoms. The van der Waals surface area contributed by atoms with Crippen LogP contribution in [0.1, 0.15) is 25.0 Å². The highest BCUT2D eigenvalue weighted by Crippen LogP contribution is 2.44. The zero-order valence-corrected chi connectivity index (χ0v) is 35.8. The van der Waals surface area contributed by atoms with Gasteiger partial charge in [-0.15, -0.1) is 0 Å². The number of para-hydroxylation sites is 4. The van der Waals surface area contributed by atoms with Crippen LogP contribution in [0.5, 0.6) is 0 Å². The van der Waals surface area contributed by atoms with Crippen molar-refractivity contribution in [3.63, 3.8) is 0 Å². The van der Waals surface area contributed by atoms with Crippen molar-refractivity contribution in [1.82, 2.24) is 9.13 Å². The quantitative estimate of drug-likeness (QED) is 0.148. The number of nitrogens with zero attached hydrogens (tertiary/aromatic N) is 2. The molecule has 1 aliphatic carbocycles. The van der Waals surface area contributed by atoms with Crippen molar-refractivity contribution in [1.29, 1.82) is 0 Å². The highest BCUT2D eigenvalue weighted by molar-refractivity contribution is 6.11. The van der Waals surface area contributed by atoms with Gasteiger partial charge in [-0.2, -0.15) is 0 Å². The molecule has 0 amide bonds. The predicted octanol–water partition coefficient (Wildman–Crippen LogP) is 16.8. The summed E-state index contributed by atoms with van der Waals surface area (Å²) in [5.74, 6) is 0. The topological polar surface area (TPSA) is 9.86 Å². The molecule has 11 aromatic rings. The van der Waals surface area contributed by atoms with E-state index in [-0.39, 0.29) is 0 Å². The van der Waals surface area contributed by atoms with Crippen LogP contribution in [0.4, 0.5) is 0 Å². The number of fused-ring (bicyclic) bond motifs is 9. The molecule has 0 saturated carbocycles. The van der Waals surface area contributed by atoms with Crippen LogP contribution < -0.4 is 0 Å². The van der Waals surface area contributed by atoms with E-state index >= 15 is 0 Å². The van der Waals surface area contributed by atoms with Crippen molar-refractivity contribution < 1.29 is 0 Å². The Balaban J connectivity index is 0.000000746. The van der Waals surface area contributed by atoms with E-state index < -0.39 is 0 Å². The van der Waals surface area contributed by atoms with E-state index in [2.05, 4.69) is 229 Å². The summed E-state index contributed by atoms with van der Waals surface area (Å²) in [5.41, 5.74) is 20.2. The Morgan fingerprint density at radius 1 is 0.349 bits per heavy atom. The Kier molecular flexibility index (Phi) is 10.5. The zero-order chi connectivity index (χ0) is 42.9. The molecule has 0 atom stereocenters. The number of hydrogen-bond donors (Lipinski definition) is 0. The third-order valence-electron chi connectivity index (χ3n) is 12.3. The van der Waals surface area contributed by atoms with Gasteiger partial charge in [0.2, 0.25) is 0 Å². The average molecular weight is 809 g/mol. The van der Waals surface area contributed by atoms with Crippen molar-refractivity contribution in [3.8, 4) is 55.9 Å². The van der Waals surface area contributed by atoms with Crippen LogP contribution in [0.15, 0.2) is 232 Å². The lowest BCUT2D eigenvalue weighted by atomic mass is 9.94. The first kappa shape index (κ1) is 39.2. The second kappa shape index (κ2) is 16.8. The maximum Gasteiger partial charge on any atom is 0.0541 e. The van der Waals surface area contributed by atoms with Gasteiger partial charge in [0.1, 0.15) is 0 Å². The third kappa shape index (κ3) is 6.87. The lowest BCUT2D eigenvalue weighted by molar-refractivity contribution is 1.18. The van der Waals surface area contributed by atoms with Gasteiger partial charge in [0.05, 0.1) is 22.1 Å². The lowest BCUT2D eigenvalue weighted by Crippen LogP contribution is -1.95. The first-order chi connectivity index (χ1) is 31.2. The second-order valence-electron chi connectivity index (χ2n) is 15.8. The summed E-state index contributed by atoms with van der Waals surface area (Å²) in [4.78, 5) is 0. The summed E-state index contributed by atoms with van der Waals surface area (Å²) in [6, 6.07) is 75.8. The minimum atomic E-state index is 0.928. The van der Waals surface area contributed by atoms with Crippen molar-refractivity contribution >= 4 is 43.6 Å². The van der Waals surface area contributed by atoms with Gasteiger partial charge in [-0.25, -0.2) is 0 Å². The van der Waals surface area contributed by atoms with Gasteiger partial charge in [0, 0.05) is 32.9 Å². The van der Waals surface area contributed by atoms with Crippen LogP contribution in [0.25, 0.3) is 99.5 Å². The van der Waals surface area contributed by atoms with E-state index in [0.717, 1.165) is 6.42 Å². The Morgan fingerprint density at radius 2 is 0.825 bits per heavy atom. The predicted molar refractivity (Wildman–Crippen MR) is 271 cm³/mol. The van der Waals surface area contributed by atoms with E-state index in [1.54, 1.807) is 12.2 Å². The molecule has 0 fully saturated rings. The van der Waals surface area contributed by atoms with Crippen LogP contribution in [-0.2, 0) is 6.42 Å². The van der Waals surface area contributed by atoms with E-state index in [1.807, 2.05) is 13.8 Å². The normalized spacial score (nSPS) is 11.4. The Bertz CT molecular complexity index is 3430. The minimum absolute atomic E-state index is 0.928. The number of hydrogen-bond acceptors (Lipinski definition) is 0. The van der Waals surface area contributed by atoms with Crippen LogP contribution in [0, 0.1) is 0 Å². The molecule has 0 unspecified atom stereocenters. The molecular weight excluding hydrogens is 761 g/mol. The van der Waals surface area contributed by atoms with E-state index in [4.69, 9.17) is 0 Å². The van der Waals surface area contributed by atoms with Crippen molar-refractivity contribution in [2.24, 2.45) is 0 Å². The number of aromatic nitrogens is 2.